The van der Waals surface area contributed by atoms with Gasteiger partial charge in [0.2, 0.25) is 0 Å². The molecule has 0 aliphatic rings. The van der Waals surface area contributed by atoms with Gasteiger partial charge < -0.3 is 5.73 Å². The summed E-state index contributed by atoms with van der Waals surface area (Å²) >= 11 is 0. The van der Waals surface area contributed by atoms with E-state index in [4.69, 9.17) is 5.73 Å². The van der Waals surface area contributed by atoms with Gasteiger partial charge in [-0.05, 0) is 46.9 Å². The van der Waals surface area contributed by atoms with Crippen LogP contribution in [0.2, 0.25) is 0 Å². The predicted octanol–water partition coefficient (Wildman–Crippen LogP) is 5.30. The van der Waals surface area contributed by atoms with E-state index in [2.05, 4.69) is 19.1 Å². The second-order valence-corrected chi connectivity index (χ2v) is 5.37. The summed E-state index contributed by atoms with van der Waals surface area (Å²) in [6, 6.07) is 20.9. The maximum absolute atomic E-state index is 14.4. The fourth-order valence-corrected chi connectivity index (χ4v) is 2.52. The van der Waals surface area contributed by atoms with Gasteiger partial charge in [0.25, 0.3) is 0 Å². The minimum absolute atomic E-state index is 0.221. The highest BCUT2D eigenvalue weighted by atomic mass is 19.1. The molecule has 0 fully saturated rings. The SMILES string of the molecule is CCc1ccc(-c2ccc(-c3ccc(N)cc3)c(F)c2)cc1. The number of hydrogen-bond acceptors (Lipinski definition) is 1. The zero-order valence-electron chi connectivity index (χ0n) is 12.5. The van der Waals surface area contributed by atoms with Crippen molar-refractivity contribution in [2.45, 2.75) is 13.3 Å². The Kier molecular flexibility index (Phi) is 3.92. The lowest BCUT2D eigenvalue weighted by atomic mass is 9.98. The van der Waals surface area contributed by atoms with E-state index in [9.17, 15) is 4.39 Å². The predicted molar refractivity (Wildman–Crippen MR) is 91.1 cm³/mol. The van der Waals surface area contributed by atoms with Crippen molar-refractivity contribution in [3.05, 3.63) is 78.1 Å². The Bertz CT molecular complexity index is 774. The number of nitrogen functional groups attached to an aromatic ring is 1. The molecule has 3 aromatic carbocycles. The highest BCUT2D eigenvalue weighted by Gasteiger charge is 2.07. The molecule has 0 amide bonds. The zero-order chi connectivity index (χ0) is 15.5. The summed E-state index contributed by atoms with van der Waals surface area (Å²) in [7, 11) is 0. The van der Waals surface area contributed by atoms with Crippen molar-refractivity contribution in [1.29, 1.82) is 0 Å². The minimum Gasteiger partial charge on any atom is -0.399 e. The van der Waals surface area contributed by atoms with Gasteiger partial charge in [-0.3, -0.25) is 0 Å². The summed E-state index contributed by atoms with van der Waals surface area (Å²) in [6.07, 6.45) is 1.00. The molecule has 0 aromatic heterocycles. The van der Waals surface area contributed by atoms with Gasteiger partial charge in [0.1, 0.15) is 5.82 Å². The summed E-state index contributed by atoms with van der Waals surface area (Å²) in [5.41, 5.74) is 11.0. The zero-order valence-corrected chi connectivity index (χ0v) is 12.5. The molecule has 22 heavy (non-hydrogen) atoms. The van der Waals surface area contributed by atoms with Gasteiger partial charge in [0.15, 0.2) is 0 Å². The van der Waals surface area contributed by atoms with Gasteiger partial charge in [-0.25, -0.2) is 4.39 Å². The van der Waals surface area contributed by atoms with Crippen molar-refractivity contribution in [2.75, 3.05) is 5.73 Å². The number of rotatable bonds is 3. The molecule has 0 bridgehead atoms. The molecule has 0 saturated carbocycles. The molecule has 0 aliphatic carbocycles. The van der Waals surface area contributed by atoms with Crippen molar-refractivity contribution in [1.82, 2.24) is 0 Å². The maximum Gasteiger partial charge on any atom is 0.131 e. The molecule has 2 heteroatoms. The first-order valence-corrected chi connectivity index (χ1v) is 7.42. The molecule has 2 N–H and O–H groups in total. The highest BCUT2D eigenvalue weighted by molar-refractivity contribution is 5.72. The lowest BCUT2D eigenvalue weighted by molar-refractivity contribution is 0.632. The summed E-state index contributed by atoms with van der Waals surface area (Å²) in [5, 5.41) is 0. The van der Waals surface area contributed by atoms with Crippen molar-refractivity contribution < 1.29 is 4.39 Å². The molecule has 0 saturated heterocycles. The summed E-state index contributed by atoms with van der Waals surface area (Å²) in [6.45, 7) is 2.12. The molecule has 0 heterocycles. The average Bonchev–Trinajstić information content (AvgIpc) is 2.56. The Morgan fingerprint density at radius 2 is 1.36 bits per heavy atom. The van der Waals surface area contributed by atoms with E-state index in [-0.39, 0.29) is 5.82 Å². The van der Waals surface area contributed by atoms with Crippen LogP contribution in [-0.2, 0) is 6.42 Å². The fourth-order valence-electron chi connectivity index (χ4n) is 2.52. The molecule has 110 valence electrons. The number of nitrogens with two attached hydrogens (primary N) is 1. The first-order valence-electron chi connectivity index (χ1n) is 7.42. The molecule has 0 aliphatic heterocycles. The van der Waals surface area contributed by atoms with Crippen LogP contribution >= 0.6 is 0 Å². The van der Waals surface area contributed by atoms with Crippen LogP contribution in [0.25, 0.3) is 22.3 Å². The first kappa shape index (κ1) is 14.3. The monoisotopic (exact) mass is 291 g/mol. The third-order valence-electron chi connectivity index (χ3n) is 3.89. The van der Waals surface area contributed by atoms with Gasteiger partial charge in [-0.2, -0.15) is 0 Å². The molecule has 3 rings (SSSR count). The van der Waals surface area contributed by atoms with Crippen LogP contribution in [0.5, 0.6) is 0 Å². The number of aryl methyl sites for hydroxylation is 1. The van der Waals surface area contributed by atoms with E-state index in [1.54, 1.807) is 18.2 Å². The standard InChI is InChI=1S/C20H18FN/c1-2-14-3-5-15(6-4-14)17-9-12-19(20(21)13-17)16-7-10-18(22)11-8-16/h3-13H,2,22H2,1H3. The van der Waals surface area contributed by atoms with Crippen LogP contribution in [0.4, 0.5) is 10.1 Å². The molecule has 0 atom stereocenters. The van der Waals surface area contributed by atoms with E-state index < -0.39 is 0 Å². The van der Waals surface area contributed by atoms with Crippen LogP contribution in [0.3, 0.4) is 0 Å². The molecule has 3 aromatic rings. The van der Waals surface area contributed by atoms with E-state index in [0.717, 1.165) is 23.1 Å². The summed E-state index contributed by atoms with van der Waals surface area (Å²) < 4.78 is 14.4. The van der Waals surface area contributed by atoms with Crippen molar-refractivity contribution in [3.8, 4) is 22.3 Å². The van der Waals surface area contributed by atoms with Crippen LogP contribution in [-0.4, -0.2) is 0 Å². The smallest absolute Gasteiger partial charge is 0.131 e. The van der Waals surface area contributed by atoms with Gasteiger partial charge in [-0.15, -0.1) is 0 Å². The van der Waals surface area contributed by atoms with Gasteiger partial charge in [0, 0.05) is 11.3 Å². The number of benzene rings is 3. The second-order valence-electron chi connectivity index (χ2n) is 5.37. The van der Waals surface area contributed by atoms with Gasteiger partial charge in [0.05, 0.1) is 0 Å². The highest BCUT2D eigenvalue weighted by Crippen LogP contribution is 2.28. The Balaban J connectivity index is 1.96. The second kappa shape index (κ2) is 6.02. The molecule has 0 radical (unpaired) electrons. The molecule has 0 spiro atoms. The quantitative estimate of drug-likeness (QED) is 0.651. The van der Waals surface area contributed by atoms with Crippen LogP contribution in [0, 0.1) is 5.82 Å². The van der Waals surface area contributed by atoms with Gasteiger partial charge in [-0.1, -0.05) is 55.5 Å². The van der Waals surface area contributed by atoms with E-state index in [1.165, 1.54) is 5.56 Å². The molecule has 1 nitrogen and oxygen atoms in total. The van der Waals surface area contributed by atoms with Crippen molar-refractivity contribution in [3.63, 3.8) is 0 Å². The molecular formula is C20H18FN. The molecule has 0 unspecified atom stereocenters. The first-order chi connectivity index (χ1) is 10.7. The lowest BCUT2D eigenvalue weighted by Gasteiger charge is -2.08. The topological polar surface area (TPSA) is 26.0 Å². The summed E-state index contributed by atoms with van der Waals surface area (Å²) in [5.74, 6) is -0.221. The minimum atomic E-state index is -0.221. The summed E-state index contributed by atoms with van der Waals surface area (Å²) in [4.78, 5) is 0. The van der Waals surface area contributed by atoms with E-state index >= 15 is 0 Å². The van der Waals surface area contributed by atoms with Gasteiger partial charge >= 0.3 is 0 Å². The van der Waals surface area contributed by atoms with Crippen LogP contribution in [0.15, 0.2) is 66.7 Å². The van der Waals surface area contributed by atoms with Crippen molar-refractivity contribution >= 4 is 5.69 Å². The van der Waals surface area contributed by atoms with Crippen molar-refractivity contribution in [2.24, 2.45) is 0 Å². The Labute approximate surface area is 130 Å². The number of hydrogen-bond donors (Lipinski definition) is 1. The third-order valence-corrected chi connectivity index (χ3v) is 3.89. The van der Waals surface area contributed by atoms with E-state index in [0.29, 0.717) is 11.3 Å². The normalized spacial score (nSPS) is 10.6. The fraction of sp³-hybridized carbons (Fsp3) is 0.100. The number of halogens is 1. The Morgan fingerprint density at radius 1 is 0.773 bits per heavy atom. The average molecular weight is 291 g/mol. The molecular weight excluding hydrogens is 273 g/mol. The van der Waals surface area contributed by atoms with E-state index in [1.807, 2.05) is 36.4 Å². The maximum atomic E-state index is 14.4. The largest absolute Gasteiger partial charge is 0.399 e. The Morgan fingerprint density at radius 3 is 1.95 bits per heavy atom. The lowest BCUT2D eigenvalue weighted by Crippen LogP contribution is -1.88. The van der Waals surface area contributed by atoms with Crippen LogP contribution < -0.4 is 5.73 Å². The third kappa shape index (κ3) is 2.86. The van der Waals surface area contributed by atoms with Crippen LogP contribution in [0.1, 0.15) is 12.5 Å². The number of anilines is 1. The Hall–Kier alpha value is -2.61.